The molecule has 0 aromatic carbocycles. The lowest BCUT2D eigenvalue weighted by Crippen LogP contribution is -2.23. The molecule has 1 aliphatic carbocycles. The fraction of sp³-hybridized carbons (Fsp3) is 0.833. The molecule has 0 unspecified atom stereocenters. The van der Waals surface area contributed by atoms with Crippen LogP contribution < -0.4 is 5.32 Å². The van der Waals surface area contributed by atoms with Crippen molar-refractivity contribution in [2.24, 2.45) is 5.41 Å². The minimum absolute atomic E-state index is 0.482. The summed E-state index contributed by atoms with van der Waals surface area (Å²) in [5.41, 5.74) is 0.482. The van der Waals surface area contributed by atoms with E-state index in [2.05, 4.69) is 25.7 Å². The van der Waals surface area contributed by atoms with E-state index < -0.39 is 0 Å². The van der Waals surface area contributed by atoms with E-state index in [0.717, 1.165) is 12.5 Å². The van der Waals surface area contributed by atoms with E-state index in [9.17, 15) is 0 Å². The molecule has 0 bridgehead atoms. The van der Waals surface area contributed by atoms with Crippen LogP contribution in [-0.4, -0.2) is 12.6 Å². The summed E-state index contributed by atoms with van der Waals surface area (Å²) in [6.45, 7) is 9.66. The SMILES string of the molecule is C=CCCC(C)(C)CCNC1CC1. The number of allylic oxidation sites excluding steroid dienone is 1. The molecule has 0 radical (unpaired) electrons. The van der Waals surface area contributed by atoms with Crippen LogP contribution in [0.4, 0.5) is 0 Å². The first-order valence-corrected chi connectivity index (χ1v) is 5.48. The highest BCUT2D eigenvalue weighted by Gasteiger charge is 2.22. The molecule has 1 heteroatoms. The minimum atomic E-state index is 0.482. The van der Waals surface area contributed by atoms with E-state index in [-0.39, 0.29) is 0 Å². The summed E-state index contributed by atoms with van der Waals surface area (Å²) in [6.07, 6.45) is 8.52. The Balaban J connectivity index is 2.04. The molecule has 0 aromatic heterocycles. The fourth-order valence-electron chi connectivity index (χ4n) is 1.52. The van der Waals surface area contributed by atoms with Crippen molar-refractivity contribution >= 4 is 0 Å². The van der Waals surface area contributed by atoms with Gasteiger partial charge in [-0.15, -0.1) is 6.58 Å². The van der Waals surface area contributed by atoms with Crippen molar-refractivity contribution in [2.75, 3.05) is 6.54 Å². The van der Waals surface area contributed by atoms with Crippen molar-refractivity contribution in [3.05, 3.63) is 12.7 Å². The van der Waals surface area contributed by atoms with E-state index in [1.807, 2.05) is 6.08 Å². The lowest BCUT2D eigenvalue weighted by molar-refractivity contribution is 0.304. The smallest absolute Gasteiger partial charge is 0.00682 e. The van der Waals surface area contributed by atoms with Crippen LogP contribution in [0.15, 0.2) is 12.7 Å². The molecule has 1 N–H and O–H groups in total. The van der Waals surface area contributed by atoms with Crippen LogP contribution in [0.25, 0.3) is 0 Å². The summed E-state index contributed by atoms with van der Waals surface area (Å²) < 4.78 is 0. The van der Waals surface area contributed by atoms with Crippen LogP contribution in [0.1, 0.15) is 46.0 Å². The highest BCUT2D eigenvalue weighted by molar-refractivity contribution is 4.82. The highest BCUT2D eigenvalue weighted by Crippen LogP contribution is 2.27. The van der Waals surface area contributed by atoms with Gasteiger partial charge in [0.1, 0.15) is 0 Å². The van der Waals surface area contributed by atoms with Crippen molar-refractivity contribution in [2.45, 2.75) is 52.0 Å². The van der Waals surface area contributed by atoms with Crippen LogP contribution in [0.5, 0.6) is 0 Å². The molecule has 0 saturated heterocycles. The van der Waals surface area contributed by atoms with Crippen LogP contribution in [-0.2, 0) is 0 Å². The Labute approximate surface area is 82.6 Å². The Morgan fingerprint density at radius 2 is 2.08 bits per heavy atom. The van der Waals surface area contributed by atoms with Gasteiger partial charge in [-0.05, 0) is 44.1 Å². The molecular weight excluding hydrogens is 158 g/mol. The van der Waals surface area contributed by atoms with E-state index in [4.69, 9.17) is 0 Å². The zero-order valence-corrected chi connectivity index (χ0v) is 9.10. The normalized spacial score (nSPS) is 17.4. The third-order valence-electron chi connectivity index (χ3n) is 2.84. The first-order valence-electron chi connectivity index (χ1n) is 5.48. The topological polar surface area (TPSA) is 12.0 Å². The Hall–Kier alpha value is -0.300. The van der Waals surface area contributed by atoms with E-state index in [1.54, 1.807) is 0 Å². The number of hydrogen-bond acceptors (Lipinski definition) is 1. The summed E-state index contributed by atoms with van der Waals surface area (Å²) in [4.78, 5) is 0. The van der Waals surface area contributed by atoms with Gasteiger partial charge in [0.15, 0.2) is 0 Å². The molecule has 1 rings (SSSR count). The Morgan fingerprint density at radius 1 is 1.38 bits per heavy atom. The fourth-order valence-corrected chi connectivity index (χ4v) is 1.52. The molecule has 0 aromatic rings. The van der Waals surface area contributed by atoms with E-state index in [0.29, 0.717) is 5.41 Å². The standard InChI is InChI=1S/C12H23N/c1-4-5-8-12(2,3)9-10-13-11-6-7-11/h4,11,13H,1,5-10H2,2-3H3. The second-order valence-corrected chi connectivity index (χ2v) is 4.97. The average Bonchev–Trinajstić information content (AvgIpc) is 2.84. The van der Waals surface area contributed by atoms with Gasteiger partial charge in [-0.1, -0.05) is 19.9 Å². The largest absolute Gasteiger partial charge is 0.314 e. The molecule has 0 atom stereocenters. The Kier molecular flexibility index (Phi) is 3.98. The summed E-state index contributed by atoms with van der Waals surface area (Å²) in [7, 11) is 0. The monoisotopic (exact) mass is 181 g/mol. The van der Waals surface area contributed by atoms with Crippen molar-refractivity contribution in [1.29, 1.82) is 0 Å². The third kappa shape index (κ3) is 5.09. The van der Waals surface area contributed by atoms with Gasteiger partial charge in [0.05, 0.1) is 0 Å². The zero-order chi connectivity index (χ0) is 9.73. The van der Waals surface area contributed by atoms with Gasteiger partial charge < -0.3 is 5.32 Å². The molecule has 0 amide bonds. The maximum atomic E-state index is 3.77. The molecule has 0 spiro atoms. The predicted molar refractivity (Wildman–Crippen MR) is 58.9 cm³/mol. The molecule has 1 saturated carbocycles. The van der Waals surface area contributed by atoms with Crippen LogP contribution >= 0.6 is 0 Å². The van der Waals surface area contributed by atoms with Crippen molar-refractivity contribution < 1.29 is 0 Å². The van der Waals surface area contributed by atoms with E-state index in [1.165, 1.54) is 32.2 Å². The van der Waals surface area contributed by atoms with Gasteiger partial charge in [-0.25, -0.2) is 0 Å². The van der Waals surface area contributed by atoms with Crippen LogP contribution in [0.3, 0.4) is 0 Å². The first kappa shape index (κ1) is 10.8. The van der Waals surface area contributed by atoms with Gasteiger partial charge in [-0.3, -0.25) is 0 Å². The molecule has 1 fully saturated rings. The lowest BCUT2D eigenvalue weighted by Gasteiger charge is -2.24. The van der Waals surface area contributed by atoms with Crippen molar-refractivity contribution in [3.63, 3.8) is 0 Å². The summed E-state index contributed by atoms with van der Waals surface area (Å²) in [6, 6.07) is 0.857. The highest BCUT2D eigenvalue weighted by atomic mass is 14.9. The Bertz CT molecular complexity index is 157. The molecule has 0 aliphatic heterocycles. The van der Waals surface area contributed by atoms with Gasteiger partial charge >= 0.3 is 0 Å². The number of hydrogen-bond donors (Lipinski definition) is 1. The van der Waals surface area contributed by atoms with E-state index >= 15 is 0 Å². The molecule has 1 nitrogen and oxygen atoms in total. The number of rotatable bonds is 7. The first-order chi connectivity index (χ1) is 6.14. The average molecular weight is 181 g/mol. The van der Waals surface area contributed by atoms with Crippen molar-refractivity contribution in [1.82, 2.24) is 5.32 Å². The quantitative estimate of drug-likeness (QED) is 0.595. The maximum absolute atomic E-state index is 3.77. The second-order valence-electron chi connectivity index (χ2n) is 4.97. The second kappa shape index (κ2) is 4.80. The van der Waals surface area contributed by atoms with Gasteiger partial charge in [0.25, 0.3) is 0 Å². The number of nitrogens with one attached hydrogen (secondary N) is 1. The molecule has 1 aliphatic rings. The van der Waals surface area contributed by atoms with Gasteiger partial charge in [-0.2, -0.15) is 0 Å². The Morgan fingerprint density at radius 3 is 2.62 bits per heavy atom. The lowest BCUT2D eigenvalue weighted by atomic mass is 9.84. The molecule has 76 valence electrons. The zero-order valence-electron chi connectivity index (χ0n) is 9.10. The molecule has 0 heterocycles. The van der Waals surface area contributed by atoms with Gasteiger partial charge in [0, 0.05) is 6.04 Å². The van der Waals surface area contributed by atoms with Gasteiger partial charge in [0.2, 0.25) is 0 Å². The van der Waals surface area contributed by atoms with Crippen LogP contribution in [0, 0.1) is 5.41 Å². The summed E-state index contributed by atoms with van der Waals surface area (Å²) in [5, 5.41) is 3.56. The van der Waals surface area contributed by atoms with Crippen molar-refractivity contribution in [3.8, 4) is 0 Å². The predicted octanol–water partition coefficient (Wildman–Crippen LogP) is 3.12. The third-order valence-corrected chi connectivity index (χ3v) is 2.84. The maximum Gasteiger partial charge on any atom is 0.00682 e. The summed E-state index contributed by atoms with van der Waals surface area (Å²) >= 11 is 0. The molecule has 13 heavy (non-hydrogen) atoms. The summed E-state index contributed by atoms with van der Waals surface area (Å²) in [5.74, 6) is 0. The molecular formula is C12H23N. The van der Waals surface area contributed by atoms with Crippen LogP contribution in [0.2, 0.25) is 0 Å². The minimum Gasteiger partial charge on any atom is -0.314 e.